The predicted octanol–water partition coefficient (Wildman–Crippen LogP) is 3.83. The lowest BCUT2D eigenvalue weighted by atomic mass is 9.77. The topological polar surface area (TPSA) is 68.6 Å². The van der Waals surface area contributed by atoms with Crippen LogP contribution in [0.1, 0.15) is 58.2 Å². The highest BCUT2D eigenvalue weighted by Gasteiger charge is 2.40. The Hall–Kier alpha value is -1.83. The molecular formula is C23H31F2N3O2. The van der Waals surface area contributed by atoms with Crippen LogP contribution < -0.4 is 10.2 Å². The zero-order valence-corrected chi connectivity index (χ0v) is 17.8. The van der Waals surface area contributed by atoms with E-state index in [1.54, 1.807) is 23.2 Å². The van der Waals surface area contributed by atoms with Gasteiger partial charge in [-0.2, -0.15) is 0 Å². The van der Waals surface area contributed by atoms with Gasteiger partial charge < -0.3 is 15.1 Å². The Bertz CT molecular complexity index is 913. The molecule has 1 aliphatic heterocycles. The smallest absolute Gasteiger partial charge is 0.147 e. The summed E-state index contributed by atoms with van der Waals surface area (Å²) in [5, 5.41) is 24.6. The van der Waals surface area contributed by atoms with Crippen molar-refractivity contribution in [3.05, 3.63) is 35.8 Å². The molecule has 2 heterocycles. The van der Waals surface area contributed by atoms with Crippen molar-refractivity contribution in [1.82, 2.24) is 10.3 Å². The maximum atomic E-state index is 14.6. The van der Waals surface area contributed by atoms with Crippen LogP contribution in [0.15, 0.2) is 24.4 Å². The largest absolute Gasteiger partial charge is 0.390 e. The van der Waals surface area contributed by atoms with E-state index in [1.165, 1.54) is 13.0 Å². The van der Waals surface area contributed by atoms with E-state index in [-0.39, 0.29) is 25.0 Å². The SMILES string of the molecule is CC1(F)CN(c2cc3ncc(C(O)N[C@H]4CC[C@H](C(C)(C)O)CC4)cc3cc2F)C1. The van der Waals surface area contributed by atoms with Crippen molar-refractivity contribution < 1.29 is 19.0 Å². The number of fused-ring (bicyclic) bond motifs is 1. The molecule has 1 saturated carbocycles. The number of alkyl halides is 1. The molecule has 1 aromatic heterocycles. The lowest BCUT2D eigenvalue weighted by Gasteiger charge is -2.43. The summed E-state index contributed by atoms with van der Waals surface area (Å²) in [4.78, 5) is 6.07. The Morgan fingerprint density at radius 1 is 1.20 bits per heavy atom. The zero-order chi connectivity index (χ0) is 21.7. The van der Waals surface area contributed by atoms with Crippen molar-refractivity contribution in [2.75, 3.05) is 18.0 Å². The van der Waals surface area contributed by atoms with E-state index < -0.39 is 23.3 Å². The van der Waals surface area contributed by atoms with Gasteiger partial charge in [0.15, 0.2) is 0 Å². The van der Waals surface area contributed by atoms with Crippen LogP contribution in [0.5, 0.6) is 0 Å². The molecule has 1 saturated heterocycles. The molecule has 3 N–H and O–H groups in total. The summed E-state index contributed by atoms with van der Waals surface area (Å²) in [5.74, 6) is -0.141. The van der Waals surface area contributed by atoms with Gasteiger partial charge in [0.1, 0.15) is 17.7 Å². The number of pyridine rings is 1. The van der Waals surface area contributed by atoms with Crippen LogP contribution in [0.2, 0.25) is 0 Å². The number of hydrogen-bond acceptors (Lipinski definition) is 5. The summed E-state index contributed by atoms with van der Waals surface area (Å²) in [6.45, 7) is 5.56. The molecule has 2 fully saturated rings. The number of benzene rings is 1. The molecule has 2 aliphatic rings. The van der Waals surface area contributed by atoms with Gasteiger partial charge in [0, 0.05) is 23.2 Å². The number of nitrogens with zero attached hydrogens (tertiary/aromatic N) is 2. The Morgan fingerprint density at radius 3 is 2.47 bits per heavy atom. The van der Waals surface area contributed by atoms with Crippen LogP contribution in [0.3, 0.4) is 0 Å². The van der Waals surface area contributed by atoms with Gasteiger partial charge in [0.2, 0.25) is 0 Å². The Labute approximate surface area is 176 Å². The molecule has 0 amide bonds. The number of halogens is 2. The normalized spacial score (nSPS) is 25.2. The first-order valence-electron chi connectivity index (χ1n) is 10.7. The number of rotatable bonds is 5. The standard InChI is InChI=1S/C23H31F2N3O2/c1-22(2,30)16-4-6-17(7-5-16)27-21(29)15-8-14-9-18(24)20(10-19(14)26-11-15)28-12-23(3,25)13-28/h8-11,16-17,21,27,29-30H,4-7,12-13H2,1-3H3/t16-,17-,21?. The van der Waals surface area contributed by atoms with Crippen LogP contribution in [0.4, 0.5) is 14.5 Å². The van der Waals surface area contributed by atoms with Crippen molar-refractivity contribution in [1.29, 1.82) is 0 Å². The Morgan fingerprint density at radius 2 is 1.87 bits per heavy atom. The summed E-state index contributed by atoms with van der Waals surface area (Å²) in [5.41, 5.74) is -0.395. The number of hydrogen-bond donors (Lipinski definition) is 3. The third-order valence-electron chi connectivity index (χ3n) is 6.59. The van der Waals surface area contributed by atoms with Crippen LogP contribution in [0, 0.1) is 11.7 Å². The summed E-state index contributed by atoms with van der Waals surface area (Å²) in [6.07, 6.45) is 4.29. The second-order valence-corrected chi connectivity index (χ2v) is 9.81. The molecule has 30 heavy (non-hydrogen) atoms. The molecule has 0 radical (unpaired) electrons. The number of anilines is 1. The van der Waals surface area contributed by atoms with Crippen molar-refractivity contribution >= 4 is 16.6 Å². The van der Waals surface area contributed by atoms with E-state index in [9.17, 15) is 19.0 Å². The average molecular weight is 420 g/mol. The molecule has 4 rings (SSSR count). The third-order valence-corrected chi connectivity index (χ3v) is 6.59. The van der Waals surface area contributed by atoms with E-state index in [1.807, 2.05) is 13.8 Å². The molecule has 1 aliphatic carbocycles. The van der Waals surface area contributed by atoms with Crippen LogP contribution in [-0.2, 0) is 0 Å². The third kappa shape index (κ3) is 4.43. The minimum absolute atomic E-state index is 0.162. The Kier molecular flexibility index (Phi) is 5.49. The lowest BCUT2D eigenvalue weighted by Crippen LogP contribution is -2.57. The van der Waals surface area contributed by atoms with Crippen LogP contribution >= 0.6 is 0 Å². The molecule has 5 nitrogen and oxygen atoms in total. The van der Waals surface area contributed by atoms with Gasteiger partial charge in [-0.05, 0) is 70.6 Å². The van der Waals surface area contributed by atoms with Gasteiger partial charge in [-0.25, -0.2) is 8.78 Å². The monoisotopic (exact) mass is 419 g/mol. The summed E-state index contributed by atoms with van der Waals surface area (Å²) < 4.78 is 28.4. The predicted molar refractivity (Wildman–Crippen MR) is 114 cm³/mol. The summed E-state index contributed by atoms with van der Waals surface area (Å²) in [6, 6.07) is 4.94. The summed E-state index contributed by atoms with van der Waals surface area (Å²) >= 11 is 0. The quantitative estimate of drug-likeness (QED) is 0.643. The molecule has 7 heteroatoms. The number of aliphatic hydroxyl groups is 2. The molecule has 164 valence electrons. The van der Waals surface area contributed by atoms with E-state index in [0.29, 0.717) is 22.2 Å². The highest BCUT2D eigenvalue weighted by Crippen LogP contribution is 2.35. The molecule has 0 bridgehead atoms. The molecule has 2 aromatic rings. The number of aliphatic hydroxyl groups excluding tert-OH is 1. The van der Waals surface area contributed by atoms with Crippen molar-refractivity contribution in [3.8, 4) is 0 Å². The first kappa shape index (κ1) is 21.4. The van der Waals surface area contributed by atoms with Gasteiger partial charge in [-0.1, -0.05) is 0 Å². The van der Waals surface area contributed by atoms with E-state index >= 15 is 0 Å². The van der Waals surface area contributed by atoms with Gasteiger partial charge in [-0.3, -0.25) is 10.3 Å². The van der Waals surface area contributed by atoms with Gasteiger partial charge in [-0.15, -0.1) is 0 Å². The molecular weight excluding hydrogens is 388 g/mol. The summed E-state index contributed by atoms with van der Waals surface area (Å²) in [7, 11) is 0. The number of aromatic nitrogens is 1. The maximum absolute atomic E-state index is 14.6. The van der Waals surface area contributed by atoms with Crippen molar-refractivity contribution in [3.63, 3.8) is 0 Å². The fraction of sp³-hybridized carbons (Fsp3) is 0.609. The second kappa shape index (κ2) is 7.70. The minimum Gasteiger partial charge on any atom is -0.390 e. The van der Waals surface area contributed by atoms with Gasteiger partial charge in [0.05, 0.1) is 29.9 Å². The fourth-order valence-corrected chi connectivity index (χ4v) is 4.75. The average Bonchev–Trinajstić information content (AvgIpc) is 2.64. The molecule has 1 atom stereocenters. The molecule has 0 spiro atoms. The van der Waals surface area contributed by atoms with Crippen molar-refractivity contribution in [2.24, 2.45) is 5.92 Å². The highest BCUT2D eigenvalue weighted by atomic mass is 19.1. The zero-order valence-electron chi connectivity index (χ0n) is 17.8. The van der Waals surface area contributed by atoms with E-state index in [4.69, 9.17) is 0 Å². The highest BCUT2D eigenvalue weighted by molar-refractivity contribution is 5.83. The van der Waals surface area contributed by atoms with Gasteiger partial charge >= 0.3 is 0 Å². The lowest BCUT2D eigenvalue weighted by molar-refractivity contribution is -0.00658. The first-order chi connectivity index (χ1) is 14.0. The van der Waals surface area contributed by atoms with Gasteiger partial charge in [0.25, 0.3) is 0 Å². The van der Waals surface area contributed by atoms with E-state index in [2.05, 4.69) is 10.3 Å². The second-order valence-electron chi connectivity index (χ2n) is 9.81. The molecule has 1 aromatic carbocycles. The first-order valence-corrected chi connectivity index (χ1v) is 10.7. The van der Waals surface area contributed by atoms with Crippen LogP contribution in [0.25, 0.3) is 10.9 Å². The van der Waals surface area contributed by atoms with Crippen molar-refractivity contribution in [2.45, 2.75) is 70.0 Å². The minimum atomic E-state index is -1.28. The number of nitrogens with one attached hydrogen (secondary N) is 1. The van der Waals surface area contributed by atoms with Crippen LogP contribution in [-0.4, -0.2) is 45.6 Å². The maximum Gasteiger partial charge on any atom is 0.147 e. The Balaban J connectivity index is 1.43. The fourth-order valence-electron chi connectivity index (χ4n) is 4.75. The molecule has 1 unspecified atom stereocenters. The van der Waals surface area contributed by atoms with E-state index in [0.717, 1.165) is 25.7 Å².